The average Bonchev–Trinajstić information content (AvgIpc) is 1.68. The van der Waals surface area contributed by atoms with Gasteiger partial charge in [-0.15, -0.1) is 0 Å². The molecule has 0 bridgehead atoms. The van der Waals surface area contributed by atoms with Crippen molar-refractivity contribution in [2.75, 3.05) is 5.88 Å². The Hall–Kier alpha value is 1.08. The Morgan fingerprint density at radius 2 is 2.29 bits per heavy atom. The van der Waals surface area contributed by atoms with Crippen LogP contribution in [0.5, 0.6) is 0 Å². The topological polar surface area (TPSA) is 0 Å². The van der Waals surface area contributed by atoms with Gasteiger partial charge in [-0.2, -0.15) is 0 Å². The molecule has 0 heterocycles. The van der Waals surface area contributed by atoms with E-state index in [9.17, 15) is 0 Å². The van der Waals surface area contributed by atoms with Gasteiger partial charge in [0.15, 0.2) is 0 Å². The van der Waals surface area contributed by atoms with E-state index < -0.39 is 0 Å². The molecule has 0 amide bonds. The van der Waals surface area contributed by atoms with Crippen LogP contribution in [0.1, 0.15) is 6.92 Å². The molecule has 0 aliphatic rings. The van der Waals surface area contributed by atoms with E-state index in [2.05, 4.69) is 11.9 Å². The maximum absolute atomic E-state index is 5.55. The van der Waals surface area contributed by atoms with Gasteiger partial charge in [0.2, 0.25) is 0 Å². The zero-order valence-corrected chi connectivity index (χ0v) is 7.86. The van der Waals surface area contributed by atoms with E-state index in [4.69, 9.17) is 11.6 Å². The molecule has 0 radical (unpaired) electrons. The molecule has 0 aliphatic heterocycles. The Labute approximate surface area is 60.7 Å². The summed E-state index contributed by atoms with van der Waals surface area (Å²) in [6, 6.07) is 0. The van der Waals surface area contributed by atoms with E-state index >= 15 is 0 Å². The zero-order valence-electron chi connectivity index (χ0n) is 4.78. The molecule has 2 heteroatoms. The minimum absolute atomic E-state index is 0.334. The fourth-order valence-electron chi connectivity index (χ4n) is 0.329. The predicted octanol–water partition coefficient (Wildman–Crippen LogP) is 2.03. The third-order valence-electron chi connectivity index (χ3n) is 0.715. The number of rotatable bonds is 3. The van der Waals surface area contributed by atoms with E-state index in [1.807, 2.05) is 0 Å². The van der Waals surface area contributed by atoms with Crippen molar-refractivity contribution < 1.29 is 0 Å². The van der Waals surface area contributed by atoms with Crippen molar-refractivity contribution in [3.8, 4) is 0 Å². The predicted molar refractivity (Wildman–Crippen MR) is 36.3 cm³/mol. The van der Waals surface area contributed by atoms with Crippen LogP contribution in [0, 0.1) is 5.92 Å². The molecule has 0 aromatic rings. The van der Waals surface area contributed by atoms with Gasteiger partial charge in [-0.05, 0) is 0 Å². The van der Waals surface area contributed by atoms with Crippen molar-refractivity contribution >= 4 is 32.5 Å². The van der Waals surface area contributed by atoms with Crippen molar-refractivity contribution in [2.24, 2.45) is 5.92 Å². The van der Waals surface area contributed by atoms with Gasteiger partial charge in [0.25, 0.3) is 0 Å². The van der Waals surface area contributed by atoms with E-state index in [0.717, 1.165) is 11.8 Å². The number of hydrogen-bond donors (Lipinski definition) is 0. The fourth-order valence-corrected chi connectivity index (χ4v) is 2.81. The number of halogens is 1. The van der Waals surface area contributed by atoms with Crippen molar-refractivity contribution in [3.05, 3.63) is 0 Å². The normalized spacial score (nSPS) is 14.1. The Kier molecular flexibility index (Phi) is 6.03. The molecule has 1 unspecified atom stereocenters. The van der Waals surface area contributed by atoms with Crippen LogP contribution in [0.4, 0.5) is 0 Å². The van der Waals surface area contributed by atoms with Gasteiger partial charge in [-0.1, -0.05) is 0 Å². The Balaban J connectivity index is 2.83. The Bertz CT molecular complexity index is 39.1. The minimum atomic E-state index is 0.334. The van der Waals surface area contributed by atoms with Crippen molar-refractivity contribution in [3.63, 3.8) is 0 Å². The molecule has 0 saturated heterocycles. The number of hydrogen-bond acceptors (Lipinski definition) is 0. The summed E-state index contributed by atoms with van der Waals surface area (Å²) in [4.78, 5) is 2.31. The Morgan fingerprint density at radius 1 is 1.71 bits per heavy atom. The van der Waals surface area contributed by atoms with Gasteiger partial charge < -0.3 is 0 Å². The van der Waals surface area contributed by atoms with Crippen LogP contribution >= 0.6 is 11.6 Å². The molecule has 0 rings (SSSR count). The van der Waals surface area contributed by atoms with Gasteiger partial charge in [-0.3, -0.25) is 0 Å². The molecule has 0 nitrogen and oxygen atoms in total. The maximum atomic E-state index is 5.55. The summed E-state index contributed by atoms with van der Waals surface area (Å²) >= 11 is 5.89. The molecule has 0 N–H and O–H groups in total. The molecule has 0 aromatic heterocycles. The first-order valence-electron chi connectivity index (χ1n) is 2.36. The molecule has 0 saturated carbocycles. The van der Waals surface area contributed by atoms with Crippen molar-refractivity contribution in [1.29, 1.82) is 0 Å². The van der Waals surface area contributed by atoms with E-state index in [0.29, 0.717) is 20.9 Å². The van der Waals surface area contributed by atoms with Gasteiger partial charge in [-0.25, -0.2) is 0 Å². The molecule has 44 valence electrons. The van der Waals surface area contributed by atoms with Gasteiger partial charge in [0, 0.05) is 0 Å². The molecule has 1 atom stereocenters. The summed E-state index contributed by atoms with van der Waals surface area (Å²) in [6.07, 6.45) is 0. The average molecular weight is 234 g/mol. The van der Waals surface area contributed by atoms with E-state index in [-0.39, 0.29) is 0 Å². The molecule has 0 spiro atoms. The van der Waals surface area contributed by atoms with Crippen LogP contribution in [0.2, 0.25) is 9.44 Å². The van der Waals surface area contributed by atoms with Crippen LogP contribution in [0.3, 0.4) is 0 Å². The second-order valence-corrected chi connectivity index (χ2v) is 4.62. The van der Waals surface area contributed by atoms with E-state index in [1.54, 1.807) is 0 Å². The third kappa shape index (κ3) is 4.94. The van der Waals surface area contributed by atoms with Crippen LogP contribution < -0.4 is 0 Å². The molecule has 0 fully saturated rings. The van der Waals surface area contributed by atoms with Crippen LogP contribution in [-0.2, 0) is 0 Å². The standard InChI is InChI=1S/C5H11ClTe/c1-5(3-6)4-7-2/h5H,3-4H2,1-2H3. The molecule has 0 aromatic carbocycles. The number of alkyl halides is 1. The van der Waals surface area contributed by atoms with Crippen LogP contribution in [-0.4, -0.2) is 26.8 Å². The van der Waals surface area contributed by atoms with Crippen molar-refractivity contribution in [1.82, 2.24) is 0 Å². The summed E-state index contributed by atoms with van der Waals surface area (Å²) in [5, 5.41) is 0. The monoisotopic (exact) mass is 236 g/mol. The second-order valence-electron chi connectivity index (χ2n) is 1.71. The van der Waals surface area contributed by atoms with Crippen LogP contribution in [0.25, 0.3) is 0 Å². The van der Waals surface area contributed by atoms with Crippen LogP contribution in [0.15, 0.2) is 0 Å². The van der Waals surface area contributed by atoms with Crippen molar-refractivity contribution in [2.45, 2.75) is 16.4 Å². The third-order valence-corrected chi connectivity index (χ3v) is 3.82. The van der Waals surface area contributed by atoms with Gasteiger partial charge in [0.05, 0.1) is 0 Å². The fraction of sp³-hybridized carbons (Fsp3) is 1.00. The zero-order chi connectivity index (χ0) is 5.70. The summed E-state index contributed by atoms with van der Waals surface area (Å²) < 4.78 is 1.40. The second kappa shape index (κ2) is 5.22. The summed E-state index contributed by atoms with van der Waals surface area (Å²) in [7, 11) is 0. The van der Waals surface area contributed by atoms with Gasteiger partial charge in [0.1, 0.15) is 0 Å². The molecule has 0 aliphatic carbocycles. The first-order chi connectivity index (χ1) is 3.31. The Morgan fingerprint density at radius 3 is 2.43 bits per heavy atom. The van der Waals surface area contributed by atoms with Gasteiger partial charge >= 0.3 is 60.7 Å². The first-order valence-corrected chi connectivity index (χ1v) is 6.87. The summed E-state index contributed by atoms with van der Waals surface area (Å²) in [5.74, 6) is 1.62. The van der Waals surface area contributed by atoms with E-state index in [1.165, 1.54) is 4.47 Å². The quantitative estimate of drug-likeness (QED) is 0.517. The summed E-state index contributed by atoms with van der Waals surface area (Å²) in [5.41, 5.74) is 0. The first kappa shape index (κ1) is 8.08. The molecular formula is C5H11ClTe. The molecular weight excluding hydrogens is 223 g/mol. The SMILES string of the molecule is C[Te]CC(C)CCl. The molecule has 7 heavy (non-hydrogen) atoms. The summed E-state index contributed by atoms with van der Waals surface area (Å²) in [6.45, 7) is 2.21.